The summed E-state index contributed by atoms with van der Waals surface area (Å²) in [6, 6.07) is 9.15. The van der Waals surface area contributed by atoms with Gasteiger partial charge in [0.25, 0.3) is 0 Å². The summed E-state index contributed by atoms with van der Waals surface area (Å²) in [4.78, 5) is 38.8. The maximum atomic E-state index is 12.8. The van der Waals surface area contributed by atoms with Crippen molar-refractivity contribution >= 4 is 18.1 Å². The van der Waals surface area contributed by atoms with Crippen LogP contribution in [0.15, 0.2) is 30.3 Å². The molecule has 1 aliphatic carbocycles. The van der Waals surface area contributed by atoms with Gasteiger partial charge < -0.3 is 20.1 Å². The first-order valence-electron chi connectivity index (χ1n) is 12.0. The molecular weight excluding hydrogens is 422 g/mol. The van der Waals surface area contributed by atoms with E-state index in [9.17, 15) is 14.4 Å². The van der Waals surface area contributed by atoms with E-state index < -0.39 is 17.7 Å². The van der Waals surface area contributed by atoms with Gasteiger partial charge in [-0.2, -0.15) is 0 Å². The Balaban J connectivity index is 1.37. The average Bonchev–Trinajstić information content (AvgIpc) is 3.26. The van der Waals surface area contributed by atoms with Crippen LogP contribution in [0.1, 0.15) is 64.9 Å². The molecule has 0 spiro atoms. The Kier molecular flexibility index (Phi) is 8.58. The second kappa shape index (κ2) is 11.4. The topological polar surface area (TPSA) is 97.0 Å². The molecule has 3 amide bonds. The second-order valence-electron chi connectivity index (χ2n) is 10.0. The molecule has 1 aromatic carbocycles. The van der Waals surface area contributed by atoms with Crippen molar-refractivity contribution in [3.8, 4) is 0 Å². The first-order valence-corrected chi connectivity index (χ1v) is 12.0. The number of amides is 3. The lowest BCUT2D eigenvalue weighted by molar-refractivity contribution is -0.125. The third kappa shape index (κ3) is 7.94. The van der Waals surface area contributed by atoms with E-state index in [1.165, 1.54) is 0 Å². The largest absolute Gasteiger partial charge is 0.445 e. The number of carbonyl (C=O) groups excluding carboxylic acids is 3. The molecule has 1 aliphatic heterocycles. The number of likely N-dealkylation sites (tertiary alicyclic amines) is 1. The fourth-order valence-corrected chi connectivity index (χ4v) is 4.41. The minimum Gasteiger partial charge on any atom is -0.445 e. The number of carbonyl (C=O) groups is 3. The minimum absolute atomic E-state index is 0.108. The van der Waals surface area contributed by atoms with Gasteiger partial charge in [-0.05, 0) is 70.8 Å². The fourth-order valence-electron chi connectivity index (χ4n) is 4.41. The van der Waals surface area contributed by atoms with Crippen LogP contribution in [-0.2, 0) is 20.9 Å². The van der Waals surface area contributed by atoms with Crippen LogP contribution in [0.5, 0.6) is 0 Å². The number of nitrogens with one attached hydrogen (secondary N) is 2. The molecule has 1 atom stereocenters. The van der Waals surface area contributed by atoms with E-state index >= 15 is 0 Å². The van der Waals surface area contributed by atoms with Gasteiger partial charge in [0.05, 0.1) is 0 Å². The highest BCUT2D eigenvalue weighted by molar-refractivity contribution is 5.86. The standard InChI is InChI=1S/C25H37N3O5/c1-25(2,3)33-23(30)27-20-13-11-18(12-14-20)16-26-22(29)21-10-7-15-28(21)24(31)32-17-19-8-5-4-6-9-19/h4-6,8-9,18,20-21H,7,10-17H2,1-3H3,(H,26,29)(H,27,30)/t18-,20-,21-/m0/s1. The van der Waals surface area contributed by atoms with Crippen molar-refractivity contribution < 1.29 is 23.9 Å². The van der Waals surface area contributed by atoms with Gasteiger partial charge in [-0.1, -0.05) is 30.3 Å². The van der Waals surface area contributed by atoms with E-state index in [0.717, 1.165) is 37.7 Å². The molecule has 3 rings (SSSR count). The van der Waals surface area contributed by atoms with Crippen LogP contribution >= 0.6 is 0 Å². The molecule has 8 nitrogen and oxygen atoms in total. The molecule has 0 bridgehead atoms. The fraction of sp³-hybridized carbons (Fsp3) is 0.640. The molecule has 1 saturated carbocycles. The first kappa shape index (κ1) is 24.9. The summed E-state index contributed by atoms with van der Waals surface area (Å²) < 4.78 is 10.7. The number of alkyl carbamates (subject to hydrolysis) is 1. The lowest BCUT2D eigenvalue weighted by atomic mass is 9.86. The quantitative estimate of drug-likeness (QED) is 0.671. The predicted molar refractivity (Wildman–Crippen MR) is 124 cm³/mol. The molecule has 2 N–H and O–H groups in total. The molecule has 0 unspecified atom stereocenters. The molecule has 1 heterocycles. The Labute approximate surface area is 196 Å². The zero-order valence-electron chi connectivity index (χ0n) is 20.0. The van der Waals surface area contributed by atoms with Gasteiger partial charge in [0, 0.05) is 19.1 Å². The number of nitrogens with zero attached hydrogens (tertiary/aromatic N) is 1. The summed E-state index contributed by atoms with van der Waals surface area (Å²) in [6.45, 7) is 6.86. The van der Waals surface area contributed by atoms with Crippen LogP contribution in [0.4, 0.5) is 9.59 Å². The van der Waals surface area contributed by atoms with Gasteiger partial charge in [0.2, 0.25) is 5.91 Å². The third-order valence-corrected chi connectivity index (χ3v) is 6.13. The van der Waals surface area contributed by atoms with Gasteiger partial charge in [0.1, 0.15) is 18.2 Å². The third-order valence-electron chi connectivity index (χ3n) is 6.13. The van der Waals surface area contributed by atoms with Crippen LogP contribution in [-0.4, -0.2) is 53.8 Å². The molecule has 1 saturated heterocycles. The zero-order chi connectivity index (χ0) is 23.8. The zero-order valence-corrected chi connectivity index (χ0v) is 20.0. The monoisotopic (exact) mass is 459 g/mol. The highest BCUT2D eigenvalue weighted by Crippen LogP contribution is 2.25. The summed E-state index contributed by atoms with van der Waals surface area (Å²) in [6.07, 6.45) is 4.20. The molecule has 1 aromatic rings. The maximum absolute atomic E-state index is 12.8. The molecule has 0 radical (unpaired) electrons. The molecule has 33 heavy (non-hydrogen) atoms. The molecule has 0 aromatic heterocycles. The van der Waals surface area contributed by atoms with Crippen LogP contribution in [0, 0.1) is 5.92 Å². The smallest absolute Gasteiger partial charge is 0.410 e. The van der Waals surface area contributed by atoms with Crippen LogP contribution in [0.2, 0.25) is 0 Å². The Hall–Kier alpha value is -2.77. The van der Waals surface area contributed by atoms with Crippen molar-refractivity contribution in [3.05, 3.63) is 35.9 Å². The van der Waals surface area contributed by atoms with Crippen molar-refractivity contribution in [1.29, 1.82) is 0 Å². The second-order valence-corrected chi connectivity index (χ2v) is 10.0. The molecule has 2 aliphatic rings. The maximum Gasteiger partial charge on any atom is 0.410 e. The van der Waals surface area contributed by atoms with E-state index in [1.54, 1.807) is 4.90 Å². The molecule has 8 heteroatoms. The lowest BCUT2D eigenvalue weighted by Crippen LogP contribution is -2.47. The number of hydrogen-bond donors (Lipinski definition) is 2. The highest BCUT2D eigenvalue weighted by Gasteiger charge is 2.35. The minimum atomic E-state index is -0.506. The van der Waals surface area contributed by atoms with Crippen LogP contribution in [0.25, 0.3) is 0 Å². The van der Waals surface area contributed by atoms with Crippen molar-refractivity contribution in [3.63, 3.8) is 0 Å². The van der Waals surface area contributed by atoms with Crippen molar-refractivity contribution in [1.82, 2.24) is 15.5 Å². The van der Waals surface area contributed by atoms with Crippen molar-refractivity contribution in [2.24, 2.45) is 5.92 Å². The molecular formula is C25H37N3O5. The summed E-state index contributed by atoms with van der Waals surface area (Å²) in [7, 11) is 0. The van der Waals surface area contributed by atoms with Crippen LogP contribution in [0.3, 0.4) is 0 Å². The van der Waals surface area contributed by atoms with Crippen LogP contribution < -0.4 is 10.6 Å². The van der Waals surface area contributed by atoms with E-state index in [0.29, 0.717) is 25.4 Å². The van der Waals surface area contributed by atoms with Gasteiger partial charge in [-0.3, -0.25) is 9.69 Å². The number of benzene rings is 1. The van der Waals surface area contributed by atoms with Gasteiger partial charge in [-0.15, -0.1) is 0 Å². The van der Waals surface area contributed by atoms with Gasteiger partial charge in [0.15, 0.2) is 0 Å². The average molecular weight is 460 g/mol. The summed E-state index contributed by atoms with van der Waals surface area (Å²) in [5, 5.41) is 5.98. The van der Waals surface area contributed by atoms with E-state index in [2.05, 4.69) is 10.6 Å². The first-order chi connectivity index (χ1) is 15.7. The molecule has 2 fully saturated rings. The van der Waals surface area contributed by atoms with Crippen molar-refractivity contribution in [2.45, 2.75) is 83.6 Å². The van der Waals surface area contributed by atoms with Gasteiger partial charge >= 0.3 is 12.2 Å². The van der Waals surface area contributed by atoms with E-state index in [4.69, 9.17) is 9.47 Å². The normalized spacial score (nSPS) is 23.0. The SMILES string of the molecule is CC(C)(C)OC(=O)N[C@H]1CC[C@H](CNC(=O)[C@@H]2CCCN2C(=O)OCc2ccccc2)CC1. The summed E-state index contributed by atoms with van der Waals surface area (Å²) in [5.41, 5.74) is 0.413. The lowest BCUT2D eigenvalue weighted by Gasteiger charge is -2.30. The Bertz CT molecular complexity index is 800. The van der Waals surface area contributed by atoms with Crippen molar-refractivity contribution in [2.75, 3.05) is 13.1 Å². The Morgan fingerprint density at radius 3 is 2.39 bits per heavy atom. The Morgan fingerprint density at radius 1 is 1.03 bits per heavy atom. The number of rotatable bonds is 6. The highest BCUT2D eigenvalue weighted by atomic mass is 16.6. The van der Waals surface area contributed by atoms with E-state index in [-0.39, 0.29) is 24.6 Å². The summed E-state index contributed by atoms with van der Waals surface area (Å²) in [5.74, 6) is 0.253. The molecule has 182 valence electrons. The van der Waals surface area contributed by atoms with Gasteiger partial charge in [-0.25, -0.2) is 9.59 Å². The number of ether oxygens (including phenoxy) is 2. The predicted octanol–water partition coefficient (Wildman–Crippen LogP) is 3.99. The number of hydrogen-bond acceptors (Lipinski definition) is 5. The van der Waals surface area contributed by atoms with E-state index in [1.807, 2.05) is 51.1 Å². The Morgan fingerprint density at radius 2 is 1.73 bits per heavy atom. The summed E-state index contributed by atoms with van der Waals surface area (Å²) >= 11 is 0.